The molecule has 1 N–H and O–H groups in total. The van der Waals surface area contributed by atoms with Crippen molar-refractivity contribution < 1.29 is 4.79 Å². The monoisotopic (exact) mass is 277 g/mol. The maximum absolute atomic E-state index is 12.6. The van der Waals surface area contributed by atoms with Gasteiger partial charge in [-0.25, -0.2) is 4.98 Å². The van der Waals surface area contributed by atoms with E-state index in [2.05, 4.69) is 31.1 Å². The lowest BCUT2D eigenvalue weighted by Crippen LogP contribution is -2.36. The fraction of sp³-hybridized carbons (Fsp3) is 0.625. The number of hydrogen-bond donors (Lipinski definition) is 1. The highest BCUT2D eigenvalue weighted by Crippen LogP contribution is 2.16. The van der Waals surface area contributed by atoms with Gasteiger partial charge in [0.2, 0.25) is 0 Å². The van der Waals surface area contributed by atoms with Gasteiger partial charge in [0.1, 0.15) is 5.82 Å². The number of carbonyl (C=O) groups is 1. The van der Waals surface area contributed by atoms with E-state index in [9.17, 15) is 4.79 Å². The lowest BCUT2D eigenvalue weighted by atomic mass is 10.0. The molecule has 0 aliphatic rings. The van der Waals surface area contributed by atoms with Gasteiger partial charge >= 0.3 is 0 Å². The number of nitrogens with zero attached hydrogens (tertiary/aromatic N) is 2. The van der Waals surface area contributed by atoms with E-state index in [0.29, 0.717) is 11.5 Å². The smallest absolute Gasteiger partial charge is 0.254 e. The van der Waals surface area contributed by atoms with Crippen molar-refractivity contribution in [2.24, 2.45) is 5.92 Å². The molecule has 0 aromatic carbocycles. The molecule has 0 fully saturated rings. The van der Waals surface area contributed by atoms with E-state index in [-0.39, 0.29) is 11.9 Å². The number of pyridine rings is 1. The third-order valence-electron chi connectivity index (χ3n) is 3.54. The quantitative estimate of drug-likeness (QED) is 0.868. The Morgan fingerprint density at radius 1 is 1.35 bits per heavy atom. The van der Waals surface area contributed by atoms with Crippen LogP contribution in [0.4, 0.5) is 5.82 Å². The summed E-state index contributed by atoms with van der Waals surface area (Å²) < 4.78 is 0. The fourth-order valence-corrected chi connectivity index (χ4v) is 2.26. The fourth-order valence-electron chi connectivity index (χ4n) is 2.26. The molecule has 0 saturated heterocycles. The van der Waals surface area contributed by atoms with Crippen molar-refractivity contribution >= 4 is 11.7 Å². The standard InChI is InChI=1S/C16H27N3O/c1-7-14-9-13(10-15(17-5)18-14)16(20)19(6)12(4)8-11(2)3/h9-12H,7-8H2,1-6H3,(H,17,18). The van der Waals surface area contributed by atoms with Gasteiger partial charge in [0.15, 0.2) is 0 Å². The molecular weight excluding hydrogens is 250 g/mol. The van der Waals surface area contributed by atoms with E-state index < -0.39 is 0 Å². The van der Waals surface area contributed by atoms with Crippen LogP contribution in [-0.4, -0.2) is 35.9 Å². The lowest BCUT2D eigenvalue weighted by Gasteiger charge is -2.26. The first-order valence-corrected chi connectivity index (χ1v) is 7.34. The van der Waals surface area contributed by atoms with Crippen molar-refractivity contribution in [1.29, 1.82) is 0 Å². The molecule has 0 aliphatic heterocycles. The van der Waals surface area contributed by atoms with Crippen molar-refractivity contribution in [2.75, 3.05) is 19.4 Å². The number of aromatic nitrogens is 1. The minimum atomic E-state index is 0.0618. The first kappa shape index (κ1) is 16.5. The molecule has 1 rings (SSSR count). The summed E-state index contributed by atoms with van der Waals surface area (Å²) >= 11 is 0. The van der Waals surface area contributed by atoms with Crippen LogP contribution in [0.3, 0.4) is 0 Å². The van der Waals surface area contributed by atoms with Gasteiger partial charge in [0, 0.05) is 31.4 Å². The largest absolute Gasteiger partial charge is 0.373 e. The zero-order valence-electron chi connectivity index (χ0n) is 13.5. The summed E-state index contributed by atoms with van der Waals surface area (Å²) in [5.41, 5.74) is 1.64. The van der Waals surface area contributed by atoms with Crippen molar-refractivity contribution in [2.45, 2.75) is 46.6 Å². The Kier molecular flexibility index (Phi) is 5.99. The average Bonchev–Trinajstić information content (AvgIpc) is 2.44. The van der Waals surface area contributed by atoms with Gasteiger partial charge in [-0.15, -0.1) is 0 Å². The highest BCUT2D eigenvalue weighted by molar-refractivity contribution is 5.95. The topological polar surface area (TPSA) is 45.2 Å². The van der Waals surface area contributed by atoms with E-state index in [1.165, 1.54) is 0 Å². The van der Waals surface area contributed by atoms with E-state index >= 15 is 0 Å². The number of aryl methyl sites for hydroxylation is 1. The summed E-state index contributed by atoms with van der Waals surface area (Å²) in [5, 5.41) is 3.02. The summed E-state index contributed by atoms with van der Waals surface area (Å²) in [7, 11) is 3.70. The van der Waals surface area contributed by atoms with Crippen molar-refractivity contribution in [1.82, 2.24) is 9.88 Å². The van der Waals surface area contributed by atoms with Crippen LogP contribution in [0.2, 0.25) is 0 Å². The molecule has 1 heterocycles. The molecule has 4 nitrogen and oxygen atoms in total. The van der Waals surface area contributed by atoms with Crippen LogP contribution >= 0.6 is 0 Å². The predicted octanol–water partition coefficient (Wildman–Crippen LogP) is 3.19. The molecule has 0 aliphatic carbocycles. The summed E-state index contributed by atoms with van der Waals surface area (Å²) in [6.07, 6.45) is 1.83. The maximum atomic E-state index is 12.6. The van der Waals surface area contributed by atoms with Crippen LogP contribution in [-0.2, 0) is 6.42 Å². The number of nitrogens with one attached hydrogen (secondary N) is 1. The highest BCUT2D eigenvalue weighted by atomic mass is 16.2. The van der Waals surface area contributed by atoms with Gasteiger partial charge in [0.05, 0.1) is 0 Å². The first-order chi connectivity index (χ1) is 9.38. The number of anilines is 1. The van der Waals surface area contributed by atoms with E-state index in [0.717, 1.165) is 24.4 Å². The van der Waals surface area contributed by atoms with Gasteiger partial charge in [-0.05, 0) is 37.8 Å². The number of rotatable bonds is 6. The molecule has 1 atom stereocenters. The van der Waals surface area contributed by atoms with Gasteiger partial charge in [-0.2, -0.15) is 0 Å². The minimum Gasteiger partial charge on any atom is -0.373 e. The molecule has 112 valence electrons. The summed E-state index contributed by atoms with van der Waals surface area (Å²) in [6, 6.07) is 3.95. The van der Waals surface area contributed by atoms with Gasteiger partial charge in [-0.1, -0.05) is 20.8 Å². The number of hydrogen-bond acceptors (Lipinski definition) is 3. The van der Waals surface area contributed by atoms with Crippen LogP contribution in [0.15, 0.2) is 12.1 Å². The minimum absolute atomic E-state index is 0.0618. The van der Waals surface area contributed by atoms with E-state index in [4.69, 9.17) is 0 Å². The summed E-state index contributed by atoms with van der Waals surface area (Å²) in [4.78, 5) is 18.8. The molecule has 0 spiro atoms. The Balaban J connectivity index is 2.95. The molecular formula is C16H27N3O. The lowest BCUT2D eigenvalue weighted by molar-refractivity contribution is 0.0728. The molecule has 1 unspecified atom stereocenters. The third kappa shape index (κ3) is 4.22. The second-order valence-electron chi connectivity index (χ2n) is 5.73. The second-order valence-corrected chi connectivity index (χ2v) is 5.73. The molecule has 1 amide bonds. The Bertz CT molecular complexity index is 435. The van der Waals surface area contributed by atoms with Crippen molar-refractivity contribution in [3.63, 3.8) is 0 Å². The molecule has 1 aromatic heterocycles. The Morgan fingerprint density at radius 2 is 2.00 bits per heavy atom. The van der Waals surface area contributed by atoms with Crippen LogP contribution in [0.1, 0.15) is 50.2 Å². The van der Waals surface area contributed by atoms with Crippen molar-refractivity contribution in [3.05, 3.63) is 23.4 Å². The molecule has 20 heavy (non-hydrogen) atoms. The van der Waals surface area contributed by atoms with Gasteiger partial charge < -0.3 is 10.2 Å². The predicted molar refractivity (Wildman–Crippen MR) is 84.2 cm³/mol. The Labute approximate surface area is 122 Å². The maximum Gasteiger partial charge on any atom is 0.254 e. The molecule has 0 bridgehead atoms. The first-order valence-electron chi connectivity index (χ1n) is 7.34. The SMILES string of the molecule is CCc1cc(C(=O)N(C)C(C)CC(C)C)cc(NC)n1. The number of amides is 1. The van der Waals surface area contributed by atoms with Crippen molar-refractivity contribution in [3.8, 4) is 0 Å². The second kappa shape index (κ2) is 7.27. The average molecular weight is 277 g/mol. The number of carbonyl (C=O) groups excluding carboxylic acids is 1. The zero-order valence-corrected chi connectivity index (χ0v) is 13.5. The molecule has 0 radical (unpaired) electrons. The summed E-state index contributed by atoms with van der Waals surface area (Å²) in [6.45, 7) is 8.49. The molecule has 4 heteroatoms. The highest BCUT2D eigenvalue weighted by Gasteiger charge is 2.19. The van der Waals surface area contributed by atoms with E-state index in [1.54, 1.807) is 0 Å². The Morgan fingerprint density at radius 3 is 2.50 bits per heavy atom. The normalized spacial score (nSPS) is 12.3. The van der Waals surface area contributed by atoms with E-state index in [1.807, 2.05) is 38.1 Å². The van der Waals surface area contributed by atoms with Crippen LogP contribution in [0.5, 0.6) is 0 Å². The molecule has 0 saturated carbocycles. The molecule has 1 aromatic rings. The van der Waals surface area contributed by atoms with Gasteiger partial charge in [-0.3, -0.25) is 4.79 Å². The zero-order chi connectivity index (χ0) is 15.3. The van der Waals surface area contributed by atoms with Crippen LogP contribution in [0.25, 0.3) is 0 Å². The summed E-state index contributed by atoms with van der Waals surface area (Å²) in [5.74, 6) is 1.39. The van der Waals surface area contributed by atoms with Gasteiger partial charge in [0.25, 0.3) is 5.91 Å². The third-order valence-corrected chi connectivity index (χ3v) is 3.54. The Hall–Kier alpha value is -1.58. The van der Waals surface area contributed by atoms with Crippen LogP contribution in [0, 0.1) is 5.92 Å². The van der Waals surface area contributed by atoms with Crippen LogP contribution < -0.4 is 5.32 Å².